The van der Waals surface area contributed by atoms with Crippen molar-refractivity contribution in [2.24, 2.45) is 0 Å². The minimum absolute atomic E-state index is 0. The zero-order valence-corrected chi connectivity index (χ0v) is 22.6. The van der Waals surface area contributed by atoms with Crippen molar-refractivity contribution < 1.29 is 60.7 Å². The van der Waals surface area contributed by atoms with Crippen molar-refractivity contribution in [2.75, 3.05) is 0 Å². The fraction of sp³-hybridized carbons (Fsp3) is 0. The second-order valence-electron chi connectivity index (χ2n) is 6.38. The molecule has 180 valence electrons. The summed E-state index contributed by atoms with van der Waals surface area (Å²) in [4.78, 5) is 28.2. The topological polar surface area (TPSA) is 134 Å². The summed E-state index contributed by atoms with van der Waals surface area (Å²) in [5.74, 6) is -0.715. The number of rotatable bonds is 5. The van der Waals surface area contributed by atoms with Gasteiger partial charge in [-0.05, 0) is 59.6 Å². The number of nitrogens with zero attached hydrogens (tertiary/aromatic N) is 2. The second-order valence-corrected chi connectivity index (χ2v) is 9.19. The number of benzene rings is 2. The Morgan fingerprint density at radius 2 is 1.25 bits per heavy atom. The van der Waals surface area contributed by atoms with Crippen LogP contribution in [0.5, 0.6) is 0 Å². The van der Waals surface area contributed by atoms with Gasteiger partial charge in [-0.25, -0.2) is 18.4 Å². The Kier molecular flexibility index (Phi) is 13.8. The average molecular weight is 537 g/mol. The first-order valence-electron chi connectivity index (χ1n) is 9.71. The minimum atomic E-state index is -3.72. The van der Waals surface area contributed by atoms with Crippen molar-refractivity contribution in [1.29, 1.82) is 0 Å². The number of aldehydes is 2. The first kappa shape index (κ1) is 31.1. The number of hydrogen-bond acceptors (Lipinski definition) is 8. The molecule has 0 N–H and O–H groups in total. The van der Waals surface area contributed by atoms with Gasteiger partial charge in [-0.3, -0.25) is 13.8 Å². The maximum atomic E-state index is 12.2. The number of pyridine rings is 2. The summed E-state index contributed by atoms with van der Waals surface area (Å²) in [5.41, 5.74) is 0.0638. The van der Waals surface area contributed by atoms with E-state index in [9.17, 15) is 31.2 Å². The largest absolute Gasteiger partial charge is 1.00 e. The molecule has 0 saturated heterocycles. The number of hydrogen-bond donors (Lipinski definition) is 0. The Labute approximate surface area is 232 Å². The van der Waals surface area contributed by atoms with Gasteiger partial charge in [-0.1, -0.05) is 36.4 Å². The van der Waals surface area contributed by atoms with Crippen LogP contribution in [0.15, 0.2) is 112 Å². The van der Waals surface area contributed by atoms with E-state index in [2.05, 4.69) is 9.97 Å². The van der Waals surface area contributed by atoms with Crippen LogP contribution >= 0.6 is 0 Å². The quantitative estimate of drug-likeness (QED) is 0.157. The molecule has 0 aliphatic rings. The molecule has 0 spiro atoms. The summed E-state index contributed by atoms with van der Waals surface area (Å²) >= 11 is -2.08. The number of carbonyl (C=O) groups excluding carboxylic acids is 2. The molecular formula is C24H18FN2NaO6S2. The summed E-state index contributed by atoms with van der Waals surface area (Å²) in [6, 6.07) is 22.0. The van der Waals surface area contributed by atoms with Crippen LogP contribution in [0.2, 0.25) is 0 Å². The molecule has 12 heteroatoms. The van der Waals surface area contributed by atoms with Gasteiger partial charge in [0.2, 0.25) is 15.8 Å². The average Bonchev–Trinajstić information content (AvgIpc) is 2.90. The van der Waals surface area contributed by atoms with Crippen molar-refractivity contribution >= 4 is 33.5 Å². The van der Waals surface area contributed by atoms with Crippen LogP contribution in [-0.2, 0) is 20.9 Å². The predicted molar refractivity (Wildman–Crippen MR) is 125 cm³/mol. The number of halogens is 1. The van der Waals surface area contributed by atoms with Crippen LogP contribution in [0.25, 0.3) is 0 Å². The van der Waals surface area contributed by atoms with E-state index < -0.39 is 26.9 Å². The van der Waals surface area contributed by atoms with Crippen molar-refractivity contribution in [3.8, 4) is 0 Å². The molecule has 0 aliphatic heterocycles. The molecule has 0 radical (unpaired) electrons. The molecule has 2 heterocycles. The summed E-state index contributed by atoms with van der Waals surface area (Å²) in [5, 5.41) is -0.207. The Hall–Kier alpha value is -2.93. The van der Waals surface area contributed by atoms with Crippen molar-refractivity contribution in [1.82, 2.24) is 9.97 Å². The Morgan fingerprint density at radius 3 is 1.69 bits per heavy atom. The van der Waals surface area contributed by atoms with Crippen molar-refractivity contribution in [2.45, 2.75) is 14.8 Å². The molecule has 4 aromatic rings. The van der Waals surface area contributed by atoms with E-state index in [1.165, 1.54) is 48.8 Å². The van der Waals surface area contributed by atoms with E-state index in [0.717, 1.165) is 0 Å². The molecule has 0 saturated carbocycles. The van der Waals surface area contributed by atoms with Crippen LogP contribution in [0, 0.1) is 5.95 Å². The maximum absolute atomic E-state index is 12.2. The van der Waals surface area contributed by atoms with E-state index in [4.69, 9.17) is 0 Å². The molecule has 1 unspecified atom stereocenters. The minimum Gasteiger partial charge on any atom is -0.768 e. The molecule has 0 aliphatic carbocycles. The number of sulfone groups is 1. The van der Waals surface area contributed by atoms with Crippen LogP contribution < -0.4 is 29.6 Å². The molecular weight excluding hydrogens is 518 g/mol. The van der Waals surface area contributed by atoms with Crippen molar-refractivity contribution in [3.63, 3.8) is 0 Å². The fourth-order valence-corrected chi connectivity index (χ4v) is 4.19. The first-order valence-corrected chi connectivity index (χ1v) is 12.3. The van der Waals surface area contributed by atoms with E-state index in [0.29, 0.717) is 17.5 Å². The molecule has 8 nitrogen and oxygen atoms in total. The standard InChI is InChI=1S/C12H9NO3S.C6H4FNO.C6H6O2S.Na/c14-9-10-5-4-8-13-12(10)17(15,16)11-6-2-1-3-7-11;7-6-5(4-9)2-1-3-8-6;7-9(8)6-4-2-1-3-5-6;/h1-9H;1-4H;1-5H,(H,7,8);/q;;;+1/p-1. The summed E-state index contributed by atoms with van der Waals surface area (Å²) in [7, 11) is -3.72. The summed E-state index contributed by atoms with van der Waals surface area (Å²) in [6.07, 6.45) is 3.57. The Bertz CT molecular complexity index is 1390. The van der Waals surface area contributed by atoms with E-state index in [-0.39, 0.29) is 50.6 Å². The summed E-state index contributed by atoms with van der Waals surface area (Å²) in [6.45, 7) is 0. The van der Waals surface area contributed by atoms with Gasteiger partial charge in [0.1, 0.15) is 0 Å². The smallest absolute Gasteiger partial charge is 0.768 e. The number of carbonyl (C=O) groups is 2. The monoisotopic (exact) mass is 536 g/mol. The van der Waals surface area contributed by atoms with Crippen LogP contribution in [-0.4, -0.2) is 39.7 Å². The second kappa shape index (κ2) is 15.9. The van der Waals surface area contributed by atoms with E-state index in [1.807, 2.05) is 0 Å². The van der Waals surface area contributed by atoms with Gasteiger partial charge >= 0.3 is 29.6 Å². The van der Waals surface area contributed by atoms with Crippen molar-refractivity contribution in [3.05, 3.63) is 114 Å². The third-order valence-corrected chi connectivity index (χ3v) is 6.49. The van der Waals surface area contributed by atoms with Gasteiger partial charge in [0, 0.05) is 17.3 Å². The molecule has 0 amide bonds. The Morgan fingerprint density at radius 1 is 0.750 bits per heavy atom. The van der Waals surface area contributed by atoms with Gasteiger partial charge in [-0.2, -0.15) is 4.39 Å². The molecule has 0 bridgehead atoms. The van der Waals surface area contributed by atoms with E-state index in [1.54, 1.807) is 48.5 Å². The molecule has 36 heavy (non-hydrogen) atoms. The molecule has 2 aromatic carbocycles. The van der Waals surface area contributed by atoms with Crippen LogP contribution in [0.1, 0.15) is 20.7 Å². The maximum Gasteiger partial charge on any atom is 1.00 e. The third-order valence-electron chi connectivity index (χ3n) is 4.09. The van der Waals surface area contributed by atoms with Crippen LogP contribution in [0.3, 0.4) is 0 Å². The van der Waals surface area contributed by atoms with Gasteiger partial charge in [-0.15, -0.1) is 0 Å². The zero-order chi connectivity index (χ0) is 25.7. The van der Waals surface area contributed by atoms with Gasteiger partial charge in [0.15, 0.2) is 17.6 Å². The van der Waals surface area contributed by atoms with Gasteiger partial charge in [0.05, 0.1) is 16.0 Å². The predicted octanol–water partition coefficient (Wildman–Crippen LogP) is 0.689. The van der Waals surface area contributed by atoms with Gasteiger partial charge in [0.25, 0.3) is 0 Å². The molecule has 4 rings (SSSR count). The Balaban J connectivity index is 0.000000291. The first-order chi connectivity index (χ1) is 16.8. The third kappa shape index (κ3) is 9.26. The SMILES string of the molecule is O=Cc1cccnc1F.O=Cc1cccnc1S(=O)(=O)c1ccccc1.O=S([O-])c1ccccc1.[Na+]. The zero-order valence-electron chi connectivity index (χ0n) is 18.9. The fourth-order valence-electron chi connectivity index (χ4n) is 2.45. The normalized spacial score (nSPS) is 10.7. The molecule has 1 atom stereocenters. The molecule has 0 fully saturated rings. The number of aromatic nitrogens is 2. The summed E-state index contributed by atoms with van der Waals surface area (Å²) < 4.78 is 57.0. The van der Waals surface area contributed by atoms with Gasteiger partial charge < -0.3 is 4.55 Å². The van der Waals surface area contributed by atoms with E-state index >= 15 is 0 Å². The van der Waals surface area contributed by atoms with Crippen LogP contribution in [0.4, 0.5) is 4.39 Å². The molecule has 2 aromatic heterocycles.